The number of hydrogen-bond donors (Lipinski definition) is 1. The van der Waals surface area contributed by atoms with Crippen molar-refractivity contribution in [3.63, 3.8) is 0 Å². The second kappa shape index (κ2) is 5.26. The van der Waals surface area contributed by atoms with Gasteiger partial charge in [-0.05, 0) is 31.5 Å². The molecule has 0 aliphatic carbocycles. The highest BCUT2D eigenvalue weighted by Crippen LogP contribution is 2.24. The molecule has 0 amide bonds. The molecule has 19 heavy (non-hydrogen) atoms. The van der Waals surface area contributed by atoms with Gasteiger partial charge in [0.25, 0.3) is 0 Å². The monoisotopic (exact) mass is 267 g/mol. The van der Waals surface area contributed by atoms with E-state index in [9.17, 15) is 8.78 Å². The predicted octanol–water partition coefficient (Wildman–Crippen LogP) is 2.98. The van der Waals surface area contributed by atoms with Crippen molar-refractivity contribution in [1.29, 1.82) is 0 Å². The molecule has 2 rings (SSSR count). The number of anilines is 1. The van der Waals surface area contributed by atoms with Gasteiger partial charge in [0.1, 0.15) is 11.6 Å². The minimum atomic E-state index is -2.81. The Morgan fingerprint density at radius 2 is 1.89 bits per heavy atom. The van der Waals surface area contributed by atoms with Crippen LogP contribution in [0.25, 0.3) is 0 Å². The van der Waals surface area contributed by atoms with Crippen molar-refractivity contribution in [1.82, 2.24) is 9.78 Å². The topological polar surface area (TPSA) is 53.1 Å². The van der Waals surface area contributed by atoms with Crippen LogP contribution >= 0.6 is 0 Å². The van der Waals surface area contributed by atoms with Crippen molar-refractivity contribution in [3.8, 4) is 5.75 Å². The summed E-state index contributed by atoms with van der Waals surface area (Å²) in [4.78, 5) is 0. The van der Waals surface area contributed by atoms with Crippen LogP contribution in [0.2, 0.25) is 0 Å². The van der Waals surface area contributed by atoms with Gasteiger partial charge in [0.05, 0.1) is 12.2 Å². The van der Waals surface area contributed by atoms with Crippen LogP contribution < -0.4 is 10.5 Å². The molecule has 2 aromatic rings. The van der Waals surface area contributed by atoms with E-state index in [-0.39, 0.29) is 11.8 Å². The molecule has 0 bridgehead atoms. The molecule has 0 aliphatic heterocycles. The van der Waals surface area contributed by atoms with Crippen LogP contribution in [0.1, 0.15) is 24.1 Å². The first-order valence-corrected chi connectivity index (χ1v) is 5.83. The number of rotatable bonds is 4. The van der Waals surface area contributed by atoms with Gasteiger partial charge in [-0.15, -0.1) is 0 Å². The highest BCUT2D eigenvalue weighted by atomic mass is 19.3. The van der Waals surface area contributed by atoms with Gasteiger partial charge in [-0.25, -0.2) is 4.68 Å². The minimum absolute atomic E-state index is 0.0747. The van der Waals surface area contributed by atoms with E-state index in [4.69, 9.17) is 5.73 Å². The molecule has 2 N–H and O–H groups in total. The Morgan fingerprint density at radius 1 is 1.26 bits per heavy atom. The number of nitrogen functional groups attached to an aromatic ring is 1. The number of nitrogens with zero attached hydrogens (tertiary/aromatic N) is 2. The molecule has 1 heterocycles. The molecule has 1 atom stereocenters. The Labute approximate surface area is 109 Å². The number of aryl methyl sites for hydroxylation is 1. The standard InChI is InChI=1S/C13H15F2N3O/c1-8-7-17-18(12(8)16)9(2)10-3-5-11(6-4-10)19-13(14)15/h3-7,9,13H,16H2,1-2H3. The van der Waals surface area contributed by atoms with Gasteiger partial charge in [0.15, 0.2) is 0 Å². The van der Waals surface area contributed by atoms with E-state index in [0.29, 0.717) is 5.82 Å². The molecule has 0 aliphatic rings. The van der Waals surface area contributed by atoms with E-state index in [1.807, 2.05) is 13.8 Å². The van der Waals surface area contributed by atoms with Crippen LogP contribution in [0.4, 0.5) is 14.6 Å². The third kappa shape index (κ3) is 2.83. The zero-order valence-electron chi connectivity index (χ0n) is 10.7. The fourth-order valence-corrected chi connectivity index (χ4v) is 1.84. The van der Waals surface area contributed by atoms with E-state index in [2.05, 4.69) is 9.84 Å². The van der Waals surface area contributed by atoms with E-state index < -0.39 is 6.61 Å². The lowest BCUT2D eigenvalue weighted by molar-refractivity contribution is -0.0498. The van der Waals surface area contributed by atoms with Crippen molar-refractivity contribution >= 4 is 5.82 Å². The van der Waals surface area contributed by atoms with Crippen molar-refractivity contribution in [3.05, 3.63) is 41.6 Å². The predicted molar refractivity (Wildman–Crippen MR) is 68.3 cm³/mol. The van der Waals surface area contributed by atoms with E-state index in [1.165, 1.54) is 12.1 Å². The lowest BCUT2D eigenvalue weighted by Gasteiger charge is -2.15. The smallest absolute Gasteiger partial charge is 0.387 e. The zero-order valence-corrected chi connectivity index (χ0v) is 10.7. The first kappa shape index (κ1) is 13.3. The quantitative estimate of drug-likeness (QED) is 0.926. The number of halogens is 2. The Hall–Kier alpha value is -2.11. The van der Waals surface area contributed by atoms with Crippen molar-refractivity contribution in [2.45, 2.75) is 26.5 Å². The summed E-state index contributed by atoms with van der Waals surface area (Å²) in [6.45, 7) is 1.00. The highest BCUT2D eigenvalue weighted by molar-refractivity contribution is 5.39. The molecular weight excluding hydrogens is 252 g/mol. The van der Waals surface area contributed by atoms with E-state index >= 15 is 0 Å². The molecule has 1 aromatic carbocycles. The van der Waals surface area contributed by atoms with Crippen LogP contribution in [-0.4, -0.2) is 16.4 Å². The summed E-state index contributed by atoms with van der Waals surface area (Å²) in [6, 6.07) is 6.38. The molecular formula is C13H15F2N3O. The van der Waals surface area contributed by atoms with Crippen LogP contribution in [0.15, 0.2) is 30.5 Å². The molecule has 0 spiro atoms. The maximum Gasteiger partial charge on any atom is 0.387 e. The van der Waals surface area contributed by atoms with Gasteiger partial charge in [0.2, 0.25) is 0 Å². The van der Waals surface area contributed by atoms with Crippen molar-refractivity contribution in [2.24, 2.45) is 0 Å². The van der Waals surface area contributed by atoms with Crippen molar-refractivity contribution < 1.29 is 13.5 Å². The Balaban J connectivity index is 2.20. The first-order valence-electron chi connectivity index (χ1n) is 5.83. The second-order valence-electron chi connectivity index (χ2n) is 4.28. The third-order valence-corrected chi connectivity index (χ3v) is 2.98. The van der Waals surface area contributed by atoms with Gasteiger partial charge in [-0.2, -0.15) is 13.9 Å². The molecule has 1 unspecified atom stereocenters. The molecule has 4 nitrogen and oxygen atoms in total. The Morgan fingerprint density at radius 3 is 2.37 bits per heavy atom. The summed E-state index contributed by atoms with van der Waals surface area (Å²) in [5, 5.41) is 4.20. The molecule has 0 saturated carbocycles. The maximum atomic E-state index is 12.0. The SMILES string of the molecule is Cc1cnn(C(C)c2ccc(OC(F)F)cc2)c1N. The molecule has 0 saturated heterocycles. The molecule has 6 heteroatoms. The fourth-order valence-electron chi connectivity index (χ4n) is 1.84. The normalized spacial score (nSPS) is 12.7. The molecule has 0 fully saturated rings. The summed E-state index contributed by atoms with van der Waals surface area (Å²) < 4.78 is 30.1. The van der Waals surface area contributed by atoms with Gasteiger partial charge in [0, 0.05) is 5.56 Å². The first-order chi connectivity index (χ1) is 8.99. The van der Waals surface area contributed by atoms with Gasteiger partial charge >= 0.3 is 6.61 Å². The number of benzene rings is 1. The van der Waals surface area contributed by atoms with Crippen LogP contribution in [0.3, 0.4) is 0 Å². The lowest BCUT2D eigenvalue weighted by Crippen LogP contribution is -2.11. The summed E-state index contributed by atoms with van der Waals surface area (Å²) >= 11 is 0. The summed E-state index contributed by atoms with van der Waals surface area (Å²) in [7, 11) is 0. The van der Waals surface area contributed by atoms with Crippen molar-refractivity contribution in [2.75, 3.05) is 5.73 Å². The fraction of sp³-hybridized carbons (Fsp3) is 0.308. The van der Waals surface area contributed by atoms with Crippen LogP contribution in [-0.2, 0) is 0 Å². The van der Waals surface area contributed by atoms with Gasteiger partial charge in [-0.1, -0.05) is 12.1 Å². The Bertz CT molecular complexity index is 552. The second-order valence-corrected chi connectivity index (χ2v) is 4.28. The summed E-state index contributed by atoms with van der Waals surface area (Å²) in [5.74, 6) is 0.732. The lowest BCUT2D eigenvalue weighted by atomic mass is 10.1. The highest BCUT2D eigenvalue weighted by Gasteiger charge is 2.13. The Kier molecular flexibility index (Phi) is 3.69. The van der Waals surface area contributed by atoms with E-state index in [1.54, 1.807) is 23.0 Å². The molecule has 102 valence electrons. The zero-order chi connectivity index (χ0) is 14.0. The number of hydrogen-bond acceptors (Lipinski definition) is 3. The largest absolute Gasteiger partial charge is 0.435 e. The average molecular weight is 267 g/mol. The van der Waals surface area contributed by atoms with E-state index in [0.717, 1.165) is 11.1 Å². The van der Waals surface area contributed by atoms with Gasteiger partial charge in [-0.3, -0.25) is 0 Å². The summed E-state index contributed by atoms with van der Waals surface area (Å²) in [6.07, 6.45) is 1.69. The van der Waals surface area contributed by atoms with Gasteiger partial charge < -0.3 is 10.5 Å². The number of aromatic nitrogens is 2. The number of nitrogens with two attached hydrogens (primary N) is 1. The number of ether oxygens (including phenoxy) is 1. The number of alkyl halides is 2. The third-order valence-electron chi connectivity index (χ3n) is 2.98. The average Bonchev–Trinajstić information content (AvgIpc) is 2.69. The molecule has 0 radical (unpaired) electrons. The van der Waals surface area contributed by atoms with Crippen LogP contribution in [0.5, 0.6) is 5.75 Å². The molecule has 1 aromatic heterocycles. The maximum absolute atomic E-state index is 12.0. The summed E-state index contributed by atoms with van der Waals surface area (Å²) in [5.41, 5.74) is 7.73. The van der Waals surface area contributed by atoms with Crippen LogP contribution in [0, 0.1) is 6.92 Å². The minimum Gasteiger partial charge on any atom is -0.435 e.